The van der Waals surface area contributed by atoms with Gasteiger partial charge in [-0.2, -0.15) is 0 Å². The fraction of sp³-hybridized carbons (Fsp3) is 0.208. The summed E-state index contributed by atoms with van der Waals surface area (Å²) < 4.78 is 2.37. The van der Waals surface area contributed by atoms with Crippen LogP contribution in [-0.2, 0) is 6.42 Å². The summed E-state index contributed by atoms with van der Waals surface area (Å²) >= 11 is 0. The average Bonchev–Trinajstić information content (AvgIpc) is 3.01. The van der Waals surface area contributed by atoms with Crippen molar-refractivity contribution in [3.05, 3.63) is 101 Å². The standard InChI is InChI=1S/C24H25N3/c1-17-15-21-22(16-18(17)2)27(23(26-21)13-14-25)24(19-9-5-3-6-10-19)20-11-7-4-8-12-20/h3-12,15-16,24H,13-14,25H2,1-2H3. The molecular formula is C24H25N3. The topological polar surface area (TPSA) is 43.8 Å². The predicted octanol–water partition coefficient (Wildman–Crippen LogP) is 4.79. The van der Waals surface area contributed by atoms with Crippen molar-refractivity contribution in [2.75, 3.05) is 6.54 Å². The fourth-order valence-corrected chi connectivity index (χ4v) is 3.75. The van der Waals surface area contributed by atoms with Crippen molar-refractivity contribution in [3.63, 3.8) is 0 Å². The van der Waals surface area contributed by atoms with Crippen LogP contribution in [0.1, 0.15) is 34.1 Å². The van der Waals surface area contributed by atoms with Crippen LogP contribution in [-0.4, -0.2) is 16.1 Å². The highest BCUT2D eigenvalue weighted by atomic mass is 15.1. The highest BCUT2D eigenvalue weighted by Gasteiger charge is 2.22. The molecule has 0 saturated heterocycles. The van der Waals surface area contributed by atoms with Crippen molar-refractivity contribution < 1.29 is 0 Å². The number of nitrogens with two attached hydrogens (primary N) is 1. The summed E-state index contributed by atoms with van der Waals surface area (Å²) in [6, 6.07) is 25.8. The Bertz CT molecular complexity index is 1010. The zero-order valence-corrected chi connectivity index (χ0v) is 15.9. The molecule has 0 bridgehead atoms. The van der Waals surface area contributed by atoms with Gasteiger partial charge in [-0.3, -0.25) is 0 Å². The van der Waals surface area contributed by atoms with E-state index in [-0.39, 0.29) is 6.04 Å². The second-order valence-electron chi connectivity index (χ2n) is 7.09. The van der Waals surface area contributed by atoms with E-state index in [9.17, 15) is 0 Å². The number of nitrogens with zero attached hydrogens (tertiary/aromatic N) is 2. The minimum absolute atomic E-state index is 0.0704. The Morgan fingerprint density at radius 1 is 0.852 bits per heavy atom. The first-order chi connectivity index (χ1) is 13.2. The van der Waals surface area contributed by atoms with Crippen molar-refractivity contribution in [1.29, 1.82) is 0 Å². The number of aromatic nitrogens is 2. The summed E-state index contributed by atoms with van der Waals surface area (Å²) in [7, 11) is 0. The van der Waals surface area contributed by atoms with Gasteiger partial charge in [0.15, 0.2) is 0 Å². The molecule has 1 heterocycles. The molecule has 4 rings (SSSR count). The Morgan fingerprint density at radius 3 is 1.96 bits per heavy atom. The monoisotopic (exact) mass is 355 g/mol. The maximum Gasteiger partial charge on any atom is 0.111 e. The molecule has 0 radical (unpaired) electrons. The van der Waals surface area contributed by atoms with E-state index < -0.39 is 0 Å². The van der Waals surface area contributed by atoms with Gasteiger partial charge in [0.05, 0.1) is 17.1 Å². The Labute approximate surface area is 160 Å². The molecule has 0 unspecified atom stereocenters. The number of hydrogen-bond donors (Lipinski definition) is 1. The zero-order chi connectivity index (χ0) is 18.8. The van der Waals surface area contributed by atoms with Crippen molar-refractivity contribution in [1.82, 2.24) is 9.55 Å². The highest BCUT2D eigenvalue weighted by Crippen LogP contribution is 2.33. The molecule has 0 spiro atoms. The van der Waals surface area contributed by atoms with E-state index in [1.165, 1.54) is 27.8 Å². The second kappa shape index (κ2) is 7.37. The largest absolute Gasteiger partial charge is 0.330 e. The molecule has 2 N–H and O–H groups in total. The number of benzene rings is 3. The van der Waals surface area contributed by atoms with Gasteiger partial charge in [-0.25, -0.2) is 4.98 Å². The van der Waals surface area contributed by atoms with Crippen LogP contribution < -0.4 is 5.73 Å². The van der Waals surface area contributed by atoms with Crippen molar-refractivity contribution in [3.8, 4) is 0 Å². The molecule has 1 aromatic heterocycles. The lowest BCUT2D eigenvalue weighted by molar-refractivity contribution is 0.648. The maximum atomic E-state index is 5.94. The predicted molar refractivity (Wildman–Crippen MR) is 112 cm³/mol. The van der Waals surface area contributed by atoms with Crippen LogP contribution >= 0.6 is 0 Å². The quantitative estimate of drug-likeness (QED) is 0.559. The Hall–Kier alpha value is -2.91. The van der Waals surface area contributed by atoms with E-state index in [2.05, 4.69) is 91.2 Å². The van der Waals surface area contributed by atoms with Crippen LogP contribution in [0.4, 0.5) is 0 Å². The molecule has 0 aliphatic heterocycles. The summed E-state index contributed by atoms with van der Waals surface area (Å²) in [4.78, 5) is 4.96. The van der Waals surface area contributed by atoms with Crippen molar-refractivity contribution in [2.45, 2.75) is 26.3 Å². The number of imidazole rings is 1. The highest BCUT2D eigenvalue weighted by molar-refractivity contribution is 5.79. The first kappa shape index (κ1) is 17.5. The molecule has 0 atom stereocenters. The molecule has 0 aliphatic carbocycles. The smallest absolute Gasteiger partial charge is 0.111 e. The summed E-state index contributed by atoms with van der Waals surface area (Å²) in [5.41, 5.74) is 13.2. The molecular weight excluding hydrogens is 330 g/mol. The van der Waals surface area contributed by atoms with Gasteiger partial charge in [0.2, 0.25) is 0 Å². The Balaban J connectivity index is 2.03. The molecule has 0 aliphatic rings. The minimum Gasteiger partial charge on any atom is -0.330 e. The SMILES string of the molecule is Cc1cc2nc(CCN)n(C(c3ccccc3)c3ccccc3)c2cc1C. The van der Waals surface area contributed by atoms with Gasteiger partial charge in [0.1, 0.15) is 5.82 Å². The maximum absolute atomic E-state index is 5.94. The van der Waals surface area contributed by atoms with Gasteiger partial charge in [0, 0.05) is 6.42 Å². The molecule has 3 aromatic carbocycles. The molecule has 27 heavy (non-hydrogen) atoms. The van der Waals surface area contributed by atoms with Gasteiger partial charge >= 0.3 is 0 Å². The first-order valence-corrected chi connectivity index (χ1v) is 9.47. The lowest BCUT2D eigenvalue weighted by Gasteiger charge is -2.23. The number of rotatable bonds is 5. The summed E-state index contributed by atoms with van der Waals surface area (Å²) in [5, 5.41) is 0. The van der Waals surface area contributed by atoms with Crippen LogP contribution in [0.25, 0.3) is 11.0 Å². The van der Waals surface area contributed by atoms with Crippen LogP contribution in [0.2, 0.25) is 0 Å². The van der Waals surface area contributed by atoms with E-state index >= 15 is 0 Å². The lowest BCUT2D eigenvalue weighted by Crippen LogP contribution is -2.17. The van der Waals surface area contributed by atoms with Gasteiger partial charge in [0.25, 0.3) is 0 Å². The summed E-state index contributed by atoms with van der Waals surface area (Å²) in [5.74, 6) is 1.04. The van der Waals surface area contributed by atoms with Crippen molar-refractivity contribution in [2.24, 2.45) is 5.73 Å². The zero-order valence-electron chi connectivity index (χ0n) is 15.9. The van der Waals surface area contributed by atoms with E-state index in [4.69, 9.17) is 10.7 Å². The Morgan fingerprint density at radius 2 is 1.41 bits per heavy atom. The third-order valence-electron chi connectivity index (χ3n) is 5.23. The summed E-state index contributed by atoms with van der Waals surface area (Å²) in [6.45, 7) is 4.88. The Kier molecular flexibility index (Phi) is 4.78. The van der Waals surface area contributed by atoms with Gasteiger partial charge in [-0.05, 0) is 54.8 Å². The molecule has 0 fully saturated rings. The summed E-state index contributed by atoms with van der Waals surface area (Å²) in [6.07, 6.45) is 0.753. The minimum atomic E-state index is 0.0704. The molecule has 136 valence electrons. The normalized spacial score (nSPS) is 11.4. The molecule has 0 saturated carbocycles. The van der Waals surface area contributed by atoms with Crippen LogP contribution in [0.15, 0.2) is 72.8 Å². The van der Waals surface area contributed by atoms with Crippen LogP contribution in [0.3, 0.4) is 0 Å². The second-order valence-corrected chi connectivity index (χ2v) is 7.09. The van der Waals surface area contributed by atoms with Crippen LogP contribution in [0.5, 0.6) is 0 Å². The van der Waals surface area contributed by atoms with Gasteiger partial charge < -0.3 is 10.3 Å². The van der Waals surface area contributed by atoms with E-state index in [0.717, 1.165) is 17.8 Å². The van der Waals surface area contributed by atoms with Gasteiger partial charge in [-0.15, -0.1) is 0 Å². The number of fused-ring (bicyclic) bond motifs is 1. The number of hydrogen-bond acceptors (Lipinski definition) is 2. The third-order valence-corrected chi connectivity index (χ3v) is 5.23. The number of aryl methyl sites for hydroxylation is 2. The molecule has 0 amide bonds. The van der Waals surface area contributed by atoms with E-state index in [0.29, 0.717) is 6.54 Å². The molecule has 4 aromatic rings. The fourth-order valence-electron chi connectivity index (χ4n) is 3.75. The third kappa shape index (κ3) is 3.26. The molecule has 3 heteroatoms. The average molecular weight is 355 g/mol. The first-order valence-electron chi connectivity index (χ1n) is 9.47. The lowest BCUT2D eigenvalue weighted by atomic mass is 9.97. The van der Waals surface area contributed by atoms with Gasteiger partial charge in [-0.1, -0.05) is 60.7 Å². The van der Waals surface area contributed by atoms with E-state index in [1.54, 1.807) is 0 Å². The van der Waals surface area contributed by atoms with Crippen LogP contribution in [0, 0.1) is 13.8 Å². The van der Waals surface area contributed by atoms with Crippen molar-refractivity contribution >= 4 is 11.0 Å². The molecule has 3 nitrogen and oxygen atoms in total. The van der Waals surface area contributed by atoms with E-state index in [1.807, 2.05) is 0 Å².